The zero-order chi connectivity index (χ0) is 32.4. The van der Waals surface area contributed by atoms with Crippen molar-refractivity contribution < 1.29 is 46.7 Å². The molecular weight excluding hydrogens is 598 g/mol. The summed E-state index contributed by atoms with van der Waals surface area (Å²) in [5.41, 5.74) is -2.36. The number of alkyl carbamates (subject to hydrolysis) is 1. The first kappa shape index (κ1) is 33.2. The van der Waals surface area contributed by atoms with Crippen LogP contribution in [0, 0.1) is 5.92 Å². The van der Waals surface area contributed by atoms with Gasteiger partial charge in [-0.2, -0.15) is 0 Å². The highest BCUT2D eigenvalue weighted by Gasteiger charge is 2.61. The third-order valence-electron chi connectivity index (χ3n) is 7.99. The monoisotopic (exact) mass is 639 g/mol. The molecular formula is C28H41N5O10S. The van der Waals surface area contributed by atoms with Crippen molar-refractivity contribution in [3.63, 3.8) is 0 Å². The molecule has 0 spiro atoms. The number of esters is 1. The molecule has 5 amide bonds. The van der Waals surface area contributed by atoms with Crippen LogP contribution in [0.2, 0.25) is 0 Å². The van der Waals surface area contributed by atoms with Gasteiger partial charge in [0, 0.05) is 31.8 Å². The Morgan fingerprint density at radius 2 is 1.84 bits per heavy atom. The van der Waals surface area contributed by atoms with Crippen LogP contribution in [0.5, 0.6) is 0 Å². The average molecular weight is 640 g/mol. The zero-order valence-electron chi connectivity index (χ0n) is 25.2. The standard InChI is InChI=1S/C28H41N5O10S/c1-5-16-15-28(16,25(38)32-44(40,41)17-8-9-17)31-22(35)19-7-6-14-33(19)24(37)18(30-26(39)43-27(2,3)4)12-13-29-23(36)20-10-11-21(34)42-20/h5,16-20H,1,6-15H2,2-4H3,(H,29,36)(H,30,39)(H,31,35)(H,32,38)/t16-,18+,19+,20-,28-/m1/s1. The van der Waals surface area contributed by atoms with Gasteiger partial charge in [-0.25, -0.2) is 13.2 Å². The number of hydrogen-bond acceptors (Lipinski definition) is 10. The summed E-state index contributed by atoms with van der Waals surface area (Å²) in [7, 11) is -3.86. The van der Waals surface area contributed by atoms with E-state index in [9.17, 15) is 37.2 Å². The highest BCUT2D eigenvalue weighted by atomic mass is 32.2. The van der Waals surface area contributed by atoms with Gasteiger partial charge in [-0.1, -0.05) is 6.08 Å². The van der Waals surface area contributed by atoms with Crippen molar-refractivity contribution in [3.8, 4) is 0 Å². The second-order valence-electron chi connectivity index (χ2n) is 12.7. The molecule has 4 rings (SSSR count). The number of ether oxygens (including phenoxy) is 2. The number of amides is 5. The number of likely N-dealkylation sites (tertiary alicyclic amines) is 1. The Kier molecular flexibility index (Phi) is 9.61. The Labute approximate surface area is 256 Å². The van der Waals surface area contributed by atoms with Gasteiger partial charge in [-0.05, 0) is 59.3 Å². The number of rotatable bonds is 12. The van der Waals surface area contributed by atoms with Gasteiger partial charge >= 0.3 is 12.1 Å². The lowest BCUT2D eigenvalue weighted by Gasteiger charge is -2.30. The van der Waals surface area contributed by atoms with E-state index in [4.69, 9.17) is 9.47 Å². The largest absolute Gasteiger partial charge is 0.452 e. The summed E-state index contributed by atoms with van der Waals surface area (Å²) in [5, 5.41) is 7.20. The molecule has 0 aromatic carbocycles. The quantitative estimate of drug-likeness (QED) is 0.163. The van der Waals surface area contributed by atoms with Gasteiger partial charge in [0.2, 0.25) is 21.8 Å². The highest BCUT2D eigenvalue weighted by molar-refractivity contribution is 7.91. The fraction of sp³-hybridized carbons (Fsp3) is 0.714. The van der Waals surface area contributed by atoms with Gasteiger partial charge < -0.3 is 30.3 Å². The third-order valence-corrected chi connectivity index (χ3v) is 9.80. The van der Waals surface area contributed by atoms with Gasteiger partial charge in [0.15, 0.2) is 6.10 Å². The minimum Gasteiger partial charge on any atom is -0.452 e. The Morgan fingerprint density at radius 3 is 2.41 bits per heavy atom. The summed E-state index contributed by atoms with van der Waals surface area (Å²) in [6.07, 6.45) is 1.82. The molecule has 44 heavy (non-hydrogen) atoms. The van der Waals surface area contributed by atoms with Crippen molar-refractivity contribution >= 4 is 45.7 Å². The van der Waals surface area contributed by atoms with Crippen LogP contribution >= 0.6 is 0 Å². The second kappa shape index (κ2) is 12.7. The molecule has 4 fully saturated rings. The molecule has 15 nitrogen and oxygen atoms in total. The van der Waals surface area contributed by atoms with E-state index in [0.717, 1.165) is 0 Å². The normalized spacial score (nSPS) is 27.0. The van der Waals surface area contributed by atoms with Crippen molar-refractivity contribution in [1.82, 2.24) is 25.6 Å². The summed E-state index contributed by atoms with van der Waals surface area (Å²) in [4.78, 5) is 78.0. The van der Waals surface area contributed by atoms with Crippen molar-refractivity contribution in [2.75, 3.05) is 13.1 Å². The lowest BCUT2D eigenvalue weighted by atomic mass is 10.1. The van der Waals surface area contributed by atoms with Crippen LogP contribution in [0.3, 0.4) is 0 Å². The zero-order valence-corrected chi connectivity index (χ0v) is 26.0. The van der Waals surface area contributed by atoms with Crippen LogP contribution in [0.1, 0.15) is 72.1 Å². The van der Waals surface area contributed by atoms with Gasteiger partial charge in [0.05, 0.1) is 5.25 Å². The molecule has 2 saturated heterocycles. The smallest absolute Gasteiger partial charge is 0.408 e. The van der Waals surface area contributed by atoms with Crippen molar-refractivity contribution in [2.45, 2.75) is 107 Å². The van der Waals surface area contributed by atoms with E-state index < -0.39 is 86.2 Å². The van der Waals surface area contributed by atoms with Crippen molar-refractivity contribution in [3.05, 3.63) is 12.7 Å². The van der Waals surface area contributed by atoms with E-state index in [1.54, 1.807) is 20.8 Å². The lowest BCUT2D eigenvalue weighted by Crippen LogP contribution is -2.58. The first-order valence-corrected chi connectivity index (χ1v) is 16.4. The molecule has 0 unspecified atom stereocenters. The van der Waals surface area contributed by atoms with E-state index in [0.29, 0.717) is 19.3 Å². The molecule has 0 bridgehead atoms. The molecule has 244 valence electrons. The topological polar surface area (TPSA) is 206 Å². The maximum absolute atomic E-state index is 13.8. The Balaban J connectivity index is 1.43. The molecule has 4 N–H and O–H groups in total. The van der Waals surface area contributed by atoms with Crippen LogP contribution in [0.25, 0.3) is 0 Å². The van der Waals surface area contributed by atoms with E-state index in [2.05, 4.69) is 27.3 Å². The number of carbonyl (C=O) groups excluding carboxylic acids is 6. The number of cyclic esters (lactones) is 1. The summed E-state index contributed by atoms with van der Waals surface area (Å²) >= 11 is 0. The van der Waals surface area contributed by atoms with Crippen LogP contribution in [0.4, 0.5) is 4.79 Å². The molecule has 4 aliphatic rings. The third kappa shape index (κ3) is 7.87. The number of sulfonamides is 1. The van der Waals surface area contributed by atoms with Crippen LogP contribution in [-0.4, -0.2) is 96.7 Å². The van der Waals surface area contributed by atoms with Crippen molar-refractivity contribution in [1.29, 1.82) is 0 Å². The Bertz CT molecular complexity index is 1320. The van der Waals surface area contributed by atoms with E-state index >= 15 is 0 Å². The Hall–Kier alpha value is -3.69. The lowest BCUT2D eigenvalue weighted by molar-refractivity contribution is -0.148. The number of hydrogen-bond donors (Lipinski definition) is 4. The molecule has 2 saturated carbocycles. The minimum absolute atomic E-state index is 0.0520. The van der Waals surface area contributed by atoms with Crippen molar-refractivity contribution in [2.24, 2.45) is 5.92 Å². The molecule has 16 heteroatoms. The Morgan fingerprint density at radius 1 is 1.14 bits per heavy atom. The average Bonchev–Trinajstić information content (AvgIpc) is 3.81. The van der Waals surface area contributed by atoms with E-state index in [1.807, 2.05) is 0 Å². The van der Waals surface area contributed by atoms with Crippen LogP contribution in [0.15, 0.2) is 12.7 Å². The first-order valence-electron chi connectivity index (χ1n) is 14.8. The van der Waals surface area contributed by atoms with Gasteiger partial charge in [-0.15, -0.1) is 6.58 Å². The predicted octanol–water partition coefficient (Wildman–Crippen LogP) is -0.248. The molecule has 2 aliphatic carbocycles. The second-order valence-corrected chi connectivity index (χ2v) is 14.6. The molecule has 0 aromatic rings. The number of nitrogens with zero attached hydrogens (tertiary/aromatic N) is 1. The molecule has 0 aromatic heterocycles. The SMILES string of the molecule is C=C[C@@H]1C[C@]1(NC(=O)[C@@H]1CCCN1C(=O)[C@H](CCNC(=O)[C@H]1CCC(=O)O1)NC(=O)OC(C)(C)C)C(=O)NS(=O)(=O)C1CC1. The fourth-order valence-corrected chi connectivity index (χ4v) is 6.76. The molecule has 2 aliphatic heterocycles. The highest BCUT2D eigenvalue weighted by Crippen LogP contribution is 2.45. The van der Waals surface area contributed by atoms with E-state index in [1.165, 1.54) is 11.0 Å². The summed E-state index contributed by atoms with van der Waals surface area (Å²) < 4.78 is 37.2. The number of carbonyl (C=O) groups is 6. The molecule has 5 atom stereocenters. The summed E-state index contributed by atoms with van der Waals surface area (Å²) in [6.45, 7) is 8.79. The minimum atomic E-state index is -3.86. The van der Waals surface area contributed by atoms with Crippen LogP contribution < -0.4 is 20.7 Å². The van der Waals surface area contributed by atoms with Gasteiger partial charge in [0.1, 0.15) is 23.2 Å². The fourth-order valence-electron chi connectivity index (χ4n) is 5.39. The van der Waals surface area contributed by atoms with E-state index in [-0.39, 0.29) is 45.2 Å². The maximum atomic E-state index is 13.8. The summed E-state index contributed by atoms with van der Waals surface area (Å²) in [6, 6.07) is -2.18. The first-order chi connectivity index (χ1) is 20.6. The predicted molar refractivity (Wildman–Crippen MR) is 154 cm³/mol. The van der Waals surface area contributed by atoms with Crippen LogP contribution in [-0.2, 0) is 43.5 Å². The molecule has 0 radical (unpaired) electrons. The van der Waals surface area contributed by atoms with Gasteiger partial charge in [-0.3, -0.25) is 28.7 Å². The number of nitrogens with one attached hydrogen (secondary N) is 4. The maximum Gasteiger partial charge on any atom is 0.408 e. The molecule has 2 heterocycles. The van der Waals surface area contributed by atoms with Gasteiger partial charge in [0.25, 0.3) is 11.8 Å². The summed E-state index contributed by atoms with van der Waals surface area (Å²) in [5.74, 6) is -3.56.